The van der Waals surface area contributed by atoms with Crippen LogP contribution in [0, 0.1) is 0 Å². The highest BCUT2D eigenvalue weighted by Gasteiger charge is 2.24. The second-order valence-corrected chi connectivity index (χ2v) is 7.91. The number of nitrogens with zero attached hydrogens (tertiary/aromatic N) is 6. The molecule has 0 radical (unpaired) electrons. The Labute approximate surface area is 182 Å². The molecular formula is C23H28N6O2. The Morgan fingerprint density at radius 3 is 2.35 bits per heavy atom. The van der Waals surface area contributed by atoms with Crippen molar-refractivity contribution in [2.24, 2.45) is 0 Å². The van der Waals surface area contributed by atoms with Crippen LogP contribution in [-0.2, 0) is 11.3 Å². The number of carbonyl (C=O) groups excluding carboxylic acids is 1. The molecule has 162 valence electrons. The topological polar surface area (TPSA) is 76.4 Å². The largest absolute Gasteiger partial charge is 0.497 e. The fourth-order valence-corrected chi connectivity index (χ4v) is 3.76. The van der Waals surface area contributed by atoms with Crippen LogP contribution in [0.15, 0.2) is 48.8 Å². The van der Waals surface area contributed by atoms with Gasteiger partial charge in [0, 0.05) is 49.8 Å². The van der Waals surface area contributed by atoms with Gasteiger partial charge in [-0.1, -0.05) is 13.8 Å². The number of hydrogen-bond donors (Lipinski definition) is 0. The third-order valence-corrected chi connectivity index (χ3v) is 5.54. The number of aromatic nitrogens is 4. The second kappa shape index (κ2) is 9.16. The highest BCUT2D eigenvalue weighted by Crippen LogP contribution is 2.25. The minimum Gasteiger partial charge on any atom is -0.497 e. The first-order valence-corrected chi connectivity index (χ1v) is 10.6. The molecule has 8 nitrogen and oxygen atoms in total. The van der Waals surface area contributed by atoms with Gasteiger partial charge < -0.3 is 14.5 Å². The Bertz CT molecular complexity index is 1010. The summed E-state index contributed by atoms with van der Waals surface area (Å²) < 4.78 is 7.09. The van der Waals surface area contributed by atoms with Crippen molar-refractivity contribution in [2.45, 2.75) is 26.3 Å². The fourth-order valence-electron chi connectivity index (χ4n) is 3.76. The molecule has 31 heavy (non-hydrogen) atoms. The van der Waals surface area contributed by atoms with Crippen LogP contribution in [0.25, 0.3) is 11.3 Å². The number of carbonyl (C=O) groups is 1. The molecule has 1 amide bonds. The lowest BCUT2D eigenvalue weighted by Gasteiger charge is -2.34. The van der Waals surface area contributed by atoms with E-state index in [1.807, 2.05) is 33.8 Å². The Balaban J connectivity index is 1.44. The molecule has 1 aliphatic rings. The summed E-state index contributed by atoms with van der Waals surface area (Å²) in [7, 11) is 1.65. The first-order chi connectivity index (χ1) is 15.0. The number of anilines is 1. The Morgan fingerprint density at radius 1 is 1.06 bits per heavy atom. The van der Waals surface area contributed by atoms with E-state index < -0.39 is 0 Å². The van der Waals surface area contributed by atoms with E-state index in [1.54, 1.807) is 25.6 Å². The number of piperazine rings is 1. The quantitative estimate of drug-likeness (QED) is 0.610. The van der Waals surface area contributed by atoms with Gasteiger partial charge in [-0.25, -0.2) is 9.97 Å². The maximum absolute atomic E-state index is 13.0. The van der Waals surface area contributed by atoms with Gasteiger partial charge in [0.25, 0.3) is 0 Å². The van der Waals surface area contributed by atoms with Crippen molar-refractivity contribution in [3.8, 4) is 17.0 Å². The molecule has 3 aromatic rings. The molecular weight excluding hydrogens is 392 g/mol. The van der Waals surface area contributed by atoms with Crippen molar-refractivity contribution in [1.29, 1.82) is 0 Å². The molecule has 3 heterocycles. The molecule has 0 unspecified atom stereocenters. The normalized spacial score (nSPS) is 14.2. The van der Waals surface area contributed by atoms with Crippen LogP contribution in [0.3, 0.4) is 0 Å². The Morgan fingerprint density at radius 2 is 1.74 bits per heavy atom. The van der Waals surface area contributed by atoms with Crippen LogP contribution in [0.4, 0.5) is 5.95 Å². The van der Waals surface area contributed by atoms with E-state index in [0.29, 0.717) is 19.0 Å². The molecule has 0 saturated carbocycles. The van der Waals surface area contributed by atoms with Gasteiger partial charge in [0.15, 0.2) is 0 Å². The van der Waals surface area contributed by atoms with Crippen LogP contribution in [0.5, 0.6) is 5.75 Å². The minimum absolute atomic E-state index is 0.0833. The van der Waals surface area contributed by atoms with Crippen LogP contribution in [0.1, 0.15) is 25.5 Å². The number of ether oxygens (including phenoxy) is 1. The fraction of sp³-hybridized carbons (Fsp3) is 0.391. The Kier molecular flexibility index (Phi) is 6.16. The number of methoxy groups -OCH3 is 1. The first kappa shape index (κ1) is 20.8. The van der Waals surface area contributed by atoms with E-state index in [9.17, 15) is 4.79 Å². The smallest absolute Gasteiger partial charge is 0.244 e. The van der Waals surface area contributed by atoms with Gasteiger partial charge >= 0.3 is 0 Å². The number of rotatable bonds is 6. The van der Waals surface area contributed by atoms with E-state index in [1.165, 1.54) is 0 Å². The summed E-state index contributed by atoms with van der Waals surface area (Å²) in [6.45, 7) is 7.24. The SMILES string of the molecule is COc1ccc(-c2cc(C(C)C)n(CC(=O)N3CCN(c4ncccn4)CC3)n2)cc1. The average Bonchev–Trinajstić information content (AvgIpc) is 3.24. The zero-order valence-electron chi connectivity index (χ0n) is 18.2. The molecule has 0 bridgehead atoms. The molecule has 2 aromatic heterocycles. The summed E-state index contributed by atoms with van der Waals surface area (Å²) >= 11 is 0. The summed E-state index contributed by atoms with van der Waals surface area (Å²) in [6.07, 6.45) is 3.48. The van der Waals surface area contributed by atoms with Gasteiger partial charge in [-0.15, -0.1) is 0 Å². The highest BCUT2D eigenvalue weighted by atomic mass is 16.5. The van der Waals surface area contributed by atoms with Crippen LogP contribution in [-0.4, -0.2) is 63.8 Å². The summed E-state index contributed by atoms with van der Waals surface area (Å²) in [4.78, 5) is 25.6. The lowest BCUT2D eigenvalue weighted by atomic mass is 10.1. The van der Waals surface area contributed by atoms with Crippen molar-refractivity contribution >= 4 is 11.9 Å². The summed E-state index contributed by atoms with van der Waals surface area (Å²) in [5, 5.41) is 4.75. The number of hydrogen-bond acceptors (Lipinski definition) is 6. The summed E-state index contributed by atoms with van der Waals surface area (Å²) in [6, 6.07) is 11.7. The number of amides is 1. The summed E-state index contributed by atoms with van der Waals surface area (Å²) in [5.41, 5.74) is 2.92. The van der Waals surface area contributed by atoms with Crippen molar-refractivity contribution in [3.05, 3.63) is 54.5 Å². The van der Waals surface area contributed by atoms with Crippen molar-refractivity contribution in [2.75, 3.05) is 38.2 Å². The maximum atomic E-state index is 13.0. The third kappa shape index (κ3) is 4.68. The molecule has 0 spiro atoms. The van der Waals surface area contributed by atoms with E-state index in [4.69, 9.17) is 9.84 Å². The van der Waals surface area contributed by atoms with E-state index >= 15 is 0 Å². The van der Waals surface area contributed by atoms with E-state index in [-0.39, 0.29) is 18.4 Å². The first-order valence-electron chi connectivity index (χ1n) is 10.6. The predicted molar refractivity (Wildman–Crippen MR) is 119 cm³/mol. The molecule has 4 rings (SSSR count). The van der Waals surface area contributed by atoms with Gasteiger partial charge in [-0.3, -0.25) is 9.48 Å². The van der Waals surface area contributed by atoms with Crippen molar-refractivity contribution < 1.29 is 9.53 Å². The van der Waals surface area contributed by atoms with Gasteiger partial charge in [-0.2, -0.15) is 5.10 Å². The molecule has 8 heteroatoms. The van der Waals surface area contributed by atoms with Crippen LogP contribution < -0.4 is 9.64 Å². The van der Waals surface area contributed by atoms with E-state index in [0.717, 1.165) is 35.8 Å². The molecule has 1 aliphatic heterocycles. The highest BCUT2D eigenvalue weighted by molar-refractivity contribution is 5.76. The van der Waals surface area contributed by atoms with Gasteiger partial charge in [-0.05, 0) is 42.3 Å². The zero-order chi connectivity index (χ0) is 21.8. The standard InChI is InChI=1S/C23H28N6O2/c1-17(2)21-15-20(18-5-7-19(31-3)8-6-18)26-29(21)16-22(30)27-11-13-28(14-12-27)23-24-9-4-10-25-23/h4-10,15,17H,11-14,16H2,1-3H3. The van der Waals surface area contributed by atoms with Crippen LogP contribution in [0.2, 0.25) is 0 Å². The third-order valence-electron chi connectivity index (χ3n) is 5.54. The number of benzene rings is 1. The predicted octanol–water partition coefficient (Wildman–Crippen LogP) is 2.82. The van der Waals surface area contributed by atoms with Gasteiger partial charge in [0.1, 0.15) is 12.3 Å². The summed E-state index contributed by atoms with van der Waals surface area (Å²) in [5.74, 6) is 1.87. The van der Waals surface area contributed by atoms with E-state index in [2.05, 4.69) is 34.8 Å². The van der Waals surface area contributed by atoms with Gasteiger partial charge in [0.2, 0.25) is 11.9 Å². The lowest BCUT2D eigenvalue weighted by molar-refractivity contribution is -0.132. The van der Waals surface area contributed by atoms with Crippen molar-refractivity contribution in [1.82, 2.24) is 24.6 Å². The zero-order valence-corrected chi connectivity index (χ0v) is 18.2. The molecule has 0 atom stereocenters. The van der Waals surface area contributed by atoms with Gasteiger partial charge in [0.05, 0.1) is 12.8 Å². The van der Waals surface area contributed by atoms with Crippen molar-refractivity contribution in [3.63, 3.8) is 0 Å². The molecule has 1 saturated heterocycles. The average molecular weight is 421 g/mol. The van der Waals surface area contributed by atoms with Crippen LogP contribution >= 0.6 is 0 Å². The monoisotopic (exact) mass is 420 g/mol. The maximum Gasteiger partial charge on any atom is 0.244 e. The molecule has 0 aliphatic carbocycles. The molecule has 1 fully saturated rings. The second-order valence-electron chi connectivity index (χ2n) is 7.91. The lowest BCUT2D eigenvalue weighted by Crippen LogP contribution is -2.50. The molecule has 0 N–H and O–H groups in total. The Hall–Kier alpha value is -3.42. The minimum atomic E-state index is 0.0833. The molecule has 1 aromatic carbocycles.